The Morgan fingerprint density at radius 3 is 2.62 bits per heavy atom. The second-order valence-electron chi connectivity index (χ2n) is 5.41. The van der Waals surface area contributed by atoms with Gasteiger partial charge in [-0.25, -0.2) is 0 Å². The predicted octanol–water partition coefficient (Wildman–Crippen LogP) is 1.36. The first-order chi connectivity index (χ1) is 6.22. The summed E-state index contributed by atoms with van der Waals surface area (Å²) in [7, 11) is 0. The average Bonchev–Trinajstić information content (AvgIpc) is 2.52. The van der Waals surface area contributed by atoms with E-state index in [1.807, 2.05) is 0 Å². The molecule has 2 heteroatoms. The van der Waals surface area contributed by atoms with E-state index in [1.165, 1.54) is 19.5 Å². The topological polar surface area (TPSA) is 12.5 Å². The van der Waals surface area contributed by atoms with Crippen molar-refractivity contribution in [3.63, 3.8) is 0 Å². The van der Waals surface area contributed by atoms with Crippen molar-refractivity contribution in [1.29, 1.82) is 0 Å². The molecule has 0 spiro atoms. The molecule has 0 amide bonds. The zero-order chi connectivity index (χ0) is 9.05. The highest BCUT2D eigenvalue weighted by Crippen LogP contribution is 2.62. The van der Waals surface area contributed by atoms with Gasteiger partial charge in [-0.3, -0.25) is 4.90 Å². The van der Waals surface area contributed by atoms with Crippen molar-refractivity contribution < 1.29 is 4.74 Å². The minimum absolute atomic E-state index is 0.718. The number of hydrogen-bond acceptors (Lipinski definition) is 2. The van der Waals surface area contributed by atoms with Crippen molar-refractivity contribution in [1.82, 2.24) is 4.90 Å². The second kappa shape index (κ2) is 2.48. The van der Waals surface area contributed by atoms with Crippen LogP contribution in [0.3, 0.4) is 0 Å². The lowest BCUT2D eigenvalue weighted by atomic mass is 9.91. The Hall–Kier alpha value is -0.0800. The third-order valence-electron chi connectivity index (χ3n) is 4.52. The molecule has 0 bridgehead atoms. The third-order valence-corrected chi connectivity index (χ3v) is 4.52. The van der Waals surface area contributed by atoms with Crippen LogP contribution in [0.1, 0.15) is 20.3 Å². The SMILES string of the molecule is CC(C)C12CC1CN(C1COC1)C2. The van der Waals surface area contributed by atoms with E-state index in [4.69, 9.17) is 4.74 Å². The van der Waals surface area contributed by atoms with Crippen LogP contribution in [0.2, 0.25) is 0 Å². The van der Waals surface area contributed by atoms with Crippen LogP contribution in [-0.4, -0.2) is 37.2 Å². The minimum atomic E-state index is 0.718. The zero-order valence-electron chi connectivity index (χ0n) is 8.62. The number of ether oxygens (including phenoxy) is 1. The summed E-state index contributed by atoms with van der Waals surface area (Å²) in [6.07, 6.45) is 1.49. The molecule has 1 saturated carbocycles. The normalized spacial score (nSPS) is 45.0. The van der Waals surface area contributed by atoms with Crippen molar-refractivity contribution in [3.05, 3.63) is 0 Å². The van der Waals surface area contributed by atoms with Crippen molar-refractivity contribution in [3.8, 4) is 0 Å². The van der Waals surface area contributed by atoms with Crippen molar-refractivity contribution in [2.75, 3.05) is 26.3 Å². The number of hydrogen-bond donors (Lipinski definition) is 0. The Morgan fingerprint density at radius 2 is 2.15 bits per heavy atom. The fourth-order valence-electron chi connectivity index (χ4n) is 3.17. The van der Waals surface area contributed by atoms with Gasteiger partial charge in [-0.1, -0.05) is 13.8 Å². The largest absolute Gasteiger partial charge is 0.378 e. The minimum Gasteiger partial charge on any atom is -0.378 e. The zero-order valence-corrected chi connectivity index (χ0v) is 8.62. The molecular formula is C11H19NO. The lowest BCUT2D eigenvalue weighted by Crippen LogP contribution is -2.49. The summed E-state index contributed by atoms with van der Waals surface area (Å²) in [5.41, 5.74) is 0.718. The molecule has 0 aromatic carbocycles. The van der Waals surface area contributed by atoms with E-state index < -0.39 is 0 Å². The lowest BCUT2D eigenvalue weighted by molar-refractivity contribution is -0.0632. The quantitative estimate of drug-likeness (QED) is 0.638. The van der Waals surface area contributed by atoms with Crippen LogP contribution in [0, 0.1) is 17.3 Å². The molecule has 74 valence electrons. The van der Waals surface area contributed by atoms with Gasteiger partial charge in [0.25, 0.3) is 0 Å². The van der Waals surface area contributed by atoms with Gasteiger partial charge in [0.2, 0.25) is 0 Å². The molecule has 2 saturated heterocycles. The van der Waals surface area contributed by atoms with Gasteiger partial charge < -0.3 is 4.74 Å². The summed E-state index contributed by atoms with van der Waals surface area (Å²) in [5.74, 6) is 1.90. The monoisotopic (exact) mass is 181 g/mol. The standard InChI is InChI=1S/C11H19NO/c1-8(2)11-3-9(11)4-12(7-11)10-5-13-6-10/h8-10H,3-7H2,1-2H3. The molecule has 2 aliphatic heterocycles. The van der Waals surface area contributed by atoms with E-state index in [0.29, 0.717) is 0 Å². The van der Waals surface area contributed by atoms with Gasteiger partial charge in [-0.2, -0.15) is 0 Å². The third kappa shape index (κ3) is 1.02. The number of piperidine rings is 1. The van der Waals surface area contributed by atoms with Crippen LogP contribution < -0.4 is 0 Å². The molecule has 2 nitrogen and oxygen atoms in total. The molecule has 0 radical (unpaired) electrons. The Kier molecular flexibility index (Phi) is 1.58. The highest BCUT2D eigenvalue weighted by atomic mass is 16.5. The lowest BCUT2D eigenvalue weighted by Gasteiger charge is -2.36. The molecule has 3 aliphatic rings. The average molecular weight is 181 g/mol. The summed E-state index contributed by atoms with van der Waals surface area (Å²) < 4.78 is 5.25. The van der Waals surface area contributed by atoms with Crippen LogP contribution in [0.25, 0.3) is 0 Å². The van der Waals surface area contributed by atoms with Gasteiger partial charge in [0.05, 0.1) is 19.3 Å². The Labute approximate surface area is 80.2 Å². The van der Waals surface area contributed by atoms with Crippen LogP contribution in [0.5, 0.6) is 0 Å². The number of nitrogens with zero attached hydrogens (tertiary/aromatic N) is 1. The summed E-state index contributed by atoms with van der Waals surface area (Å²) in [5, 5.41) is 0. The Morgan fingerprint density at radius 1 is 1.38 bits per heavy atom. The molecule has 2 atom stereocenters. The van der Waals surface area contributed by atoms with Crippen molar-refractivity contribution in [2.45, 2.75) is 26.3 Å². The van der Waals surface area contributed by atoms with Crippen molar-refractivity contribution >= 4 is 0 Å². The second-order valence-corrected chi connectivity index (χ2v) is 5.41. The van der Waals surface area contributed by atoms with Gasteiger partial charge in [-0.05, 0) is 23.7 Å². The van der Waals surface area contributed by atoms with E-state index in [-0.39, 0.29) is 0 Å². The maximum Gasteiger partial charge on any atom is 0.0645 e. The summed E-state index contributed by atoms with van der Waals surface area (Å²) >= 11 is 0. The first-order valence-electron chi connectivity index (χ1n) is 5.54. The molecule has 1 aliphatic carbocycles. The fourth-order valence-corrected chi connectivity index (χ4v) is 3.17. The van der Waals surface area contributed by atoms with E-state index in [1.54, 1.807) is 0 Å². The predicted molar refractivity (Wildman–Crippen MR) is 51.6 cm³/mol. The molecule has 0 aromatic heterocycles. The highest BCUT2D eigenvalue weighted by Gasteiger charge is 2.62. The van der Waals surface area contributed by atoms with Crippen LogP contribution in [-0.2, 0) is 4.74 Å². The van der Waals surface area contributed by atoms with Crippen molar-refractivity contribution in [2.24, 2.45) is 17.3 Å². The van der Waals surface area contributed by atoms with Crippen LogP contribution in [0.4, 0.5) is 0 Å². The van der Waals surface area contributed by atoms with E-state index in [9.17, 15) is 0 Å². The molecule has 13 heavy (non-hydrogen) atoms. The van der Waals surface area contributed by atoms with Gasteiger partial charge in [0.1, 0.15) is 0 Å². The van der Waals surface area contributed by atoms with Crippen LogP contribution in [0.15, 0.2) is 0 Å². The summed E-state index contributed by atoms with van der Waals surface area (Å²) in [6.45, 7) is 9.46. The van der Waals surface area contributed by atoms with E-state index >= 15 is 0 Å². The molecule has 0 aromatic rings. The Bertz CT molecular complexity index is 224. The van der Waals surface area contributed by atoms with Gasteiger partial charge >= 0.3 is 0 Å². The summed E-state index contributed by atoms with van der Waals surface area (Å²) in [4.78, 5) is 2.66. The van der Waals surface area contributed by atoms with Crippen LogP contribution >= 0.6 is 0 Å². The van der Waals surface area contributed by atoms with E-state index in [2.05, 4.69) is 18.7 Å². The first kappa shape index (κ1) is 8.25. The Balaban J connectivity index is 1.66. The molecule has 0 N–H and O–H groups in total. The molecule has 3 rings (SSSR count). The number of likely N-dealkylation sites (tertiary alicyclic amines) is 1. The summed E-state index contributed by atoms with van der Waals surface area (Å²) in [6, 6.07) is 0.767. The van der Waals surface area contributed by atoms with E-state index in [0.717, 1.165) is 36.5 Å². The molecule has 2 heterocycles. The smallest absolute Gasteiger partial charge is 0.0645 e. The van der Waals surface area contributed by atoms with Gasteiger partial charge in [-0.15, -0.1) is 0 Å². The highest BCUT2D eigenvalue weighted by molar-refractivity contribution is 5.12. The molecule has 3 fully saturated rings. The fraction of sp³-hybridized carbons (Fsp3) is 1.00. The maximum absolute atomic E-state index is 5.25. The molecular weight excluding hydrogens is 162 g/mol. The number of rotatable bonds is 2. The van der Waals surface area contributed by atoms with Gasteiger partial charge in [0.15, 0.2) is 0 Å². The maximum atomic E-state index is 5.25. The number of fused-ring (bicyclic) bond motifs is 1. The van der Waals surface area contributed by atoms with Gasteiger partial charge in [0, 0.05) is 13.1 Å². The first-order valence-corrected chi connectivity index (χ1v) is 5.54. The molecule has 2 unspecified atom stereocenters.